The molecule has 4 amide bonds. The van der Waals surface area contributed by atoms with Crippen LogP contribution in [0.2, 0.25) is 0 Å². The number of urea groups is 1. The zero-order valence-electron chi connectivity index (χ0n) is 25.2. The van der Waals surface area contributed by atoms with Gasteiger partial charge in [0.05, 0.1) is 5.56 Å². The van der Waals surface area contributed by atoms with Crippen molar-refractivity contribution in [2.45, 2.75) is 25.4 Å². The molecule has 1 aromatic heterocycles. The van der Waals surface area contributed by atoms with Crippen molar-refractivity contribution in [3.05, 3.63) is 97.0 Å². The number of hydrogen-bond donors (Lipinski definition) is 3. The first-order valence-electron chi connectivity index (χ1n) is 14.1. The molecule has 0 saturated carbocycles. The molecule has 0 bridgehead atoms. The summed E-state index contributed by atoms with van der Waals surface area (Å²) in [6.07, 6.45) is 17.4. The first-order valence-corrected chi connectivity index (χ1v) is 14.1. The van der Waals surface area contributed by atoms with E-state index in [4.69, 9.17) is 0 Å². The van der Waals surface area contributed by atoms with Gasteiger partial charge in [-0.2, -0.15) is 0 Å². The van der Waals surface area contributed by atoms with E-state index in [0.29, 0.717) is 56.8 Å². The summed E-state index contributed by atoms with van der Waals surface area (Å²) in [5.41, 5.74) is 3.15. The SMILES string of the molecule is C#C.C=CCN/C=C(\CC=C)C[C@@H](NC(=O)N1CCN(C(=O)c2cccnc2)CC1)C(=O)Nc1cccc(CN(C)C)c1. The number of anilines is 1. The normalized spacial score (nSPS) is 13.7. The number of aromatic nitrogens is 1. The molecule has 0 aliphatic carbocycles. The number of hydrogen-bond acceptors (Lipinski definition) is 6. The van der Waals surface area contributed by atoms with Crippen molar-refractivity contribution < 1.29 is 14.4 Å². The summed E-state index contributed by atoms with van der Waals surface area (Å²) in [5, 5.41) is 9.07. The van der Waals surface area contributed by atoms with Crippen LogP contribution in [0.15, 0.2) is 85.9 Å². The number of piperazine rings is 1. The van der Waals surface area contributed by atoms with Crippen LogP contribution in [-0.2, 0) is 11.3 Å². The number of allylic oxidation sites excluding steroid dienone is 1. The molecule has 2 aromatic rings. The lowest BCUT2D eigenvalue weighted by Crippen LogP contribution is -2.56. The second kappa shape index (κ2) is 18.5. The summed E-state index contributed by atoms with van der Waals surface area (Å²) in [6.45, 7) is 10.4. The number of rotatable bonds is 13. The highest BCUT2D eigenvalue weighted by Gasteiger charge is 2.28. The minimum absolute atomic E-state index is 0.113. The smallest absolute Gasteiger partial charge is 0.318 e. The van der Waals surface area contributed by atoms with Gasteiger partial charge in [-0.25, -0.2) is 4.79 Å². The van der Waals surface area contributed by atoms with Crippen LogP contribution in [0, 0.1) is 12.8 Å². The van der Waals surface area contributed by atoms with Crippen molar-refractivity contribution in [3.8, 4) is 12.8 Å². The average Bonchev–Trinajstić information content (AvgIpc) is 3.01. The minimum atomic E-state index is -0.827. The summed E-state index contributed by atoms with van der Waals surface area (Å²) in [5.74, 6) is -0.428. The third kappa shape index (κ3) is 11.5. The molecule has 10 heteroatoms. The molecule has 0 spiro atoms. The quantitative estimate of drug-likeness (QED) is 0.189. The Morgan fingerprint density at radius 3 is 2.40 bits per heavy atom. The van der Waals surface area contributed by atoms with Crippen LogP contribution >= 0.6 is 0 Å². The Morgan fingerprint density at radius 1 is 1.05 bits per heavy atom. The molecular formula is C33H43N7O3. The first-order chi connectivity index (χ1) is 20.8. The van der Waals surface area contributed by atoms with Gasteiger partial charge in [0.1, 0.15) is 6.04 Å². The van der Waals surface area contributed by atoms with Crippen molar-refractivity contribution in [1.29, 1.82) is 0 Å². The molecule has 43 heavy (non-hydrogen) atoms. The summed E-state index contributed by atoms with van der Waals surface area (Å²) in [6, 6.07) is 9.94. The van der Waals surface area contributed by atoms with Crippen LogP contribution in [0.5, 0.6) is 0 Å². The van der Waals surface area contributed by atoms with Gasteiger partial charge in [-0.05, 0) is 68.5 Å². The van der Waals surface area contributed by atoms with Crippen molar-refractivity contribution in [2.75, 3.05) is 52.1 Å². The largest absolute Gasteiger partial charge is 0.387 e. The highest BCUT2D eigenvalue weighted by molar-refractivity contribution is 5.97. The monoisotopic (exact) mass is 585 g/mol. The number of nitrogens with one attached hydrogen (secondary N) is 3. The number of benzene rings is 1. The molecule has 1 saturated heterocycles. The third-order valence-corrected chi connectivity index (χ3v) is 6.51. The van der Waals surface area contributed by atoms with Gasteiger partial charge in [-0.15, -0.1) is 26.0 Å². The van der Waals surface area contributed by atoms with E-state index < -0.39 is 6.04 Å². The van der Waals surface area contributed by atoms with E-state index in [1.165, 1.54) is 0 Å². The third-order valence-electron chi connectivity index (χ3n) is 6.51. The lowest BCUT2D eigenvalue weighted by atomic mass is 10.0. The summed E-state index contributed by atoms with van der Waals surface area (Å²) in [7, 11) is 3.97. The lowest BCUT2D eigenvalue weighted by Gasteiger charge is -2.35. The number of nitrogens with zero attached hydrogens (tertiary/aromatic N) is 4. The second-order valence-corrected chi connectivity index (χ2v) is 10.1. The van der Waals surface area contributed by atoms with Crippen LogP contribution in [-0.4, -0.2) is 90.4 Å². The molecule has 1 atom stereocenters. The van der Waals surface area contributed by atoms with Gasteiger partial charge in [0.2, 0.25) is 5.91 Å². The molecule has 1 aliphatic rings. The molecule has 3 N–H and O–H groups in total. The van der Waals surface area contributed by atoms with Gasteiger partial charge in [0.25, 0.3) is 5.91 Å². The van der Waals surface area contributed by atoms with Gasteiger partial charge >= 0.3 is 6.03 Å². The molecular weight excluding hydrogens is 542 g/mol. The summed E-state index contributed by atoms with van der Waals surface area (Å²) < 4.78 is 0. The number of carbonyl (C=O) groups is 3. The maximum absolute atomic E-state index is 13.5. The molecule has 10 nitrogen and oxygen atoms in total. The summed E-state index contributed by atoms with van der Waals surface area (Å²) in [4.78, 5) is 49.1. The molecule has 1 aromatic carbocycles. The minimum Gasteiger partial charge on any atom is -0.387 e. The zero-order chi connectivity index (χ0) is 31.6. The Hall–Kier alpha value is -4.88. The average molecular weight is 586 g/mol. The Labute approximate surface area is 255 Å². The Bertz CT molecular complexity index is 1270. The first kappa shape index (κ1) is 34.3. The van der Waals surface area contributed by atoms with E-state index in [-0.39, 0.29) is 17.8 Å². The van der Waals surface area contributed by atoms with E-state index >= 15 is 0 Å². The van der Waals surface area contributed by atoms with Crippen LogP contribution in [0.1, 0.15) is 28.8 Å². The second-order valence-electron chi connectivity index (χ2n) is 10.1. The predicted octanol–water partition coefficient (Wildman–Crippen LogP) is 3.49. The Morgan fingerprint density at radius 2 is 1.77 bits per heavy atom. The molecule has 0 unspecified atom stereocenters. The lowest BCUT2D eigenvalue weighted by molar-refractivity contribution is -0.118. The van der Waals surface area contributed by atoms with Crippen LogP contribution < -0.4 is 16.0 Å². The molecule has 2 heterocycles. The fraction of sp³-hybridized carbons (Fsp3) is 0.333. The van der Waals surface area contributed by atoms with Crippen molar-refractivity contribution >= 4 is 23.5 Å². The highest BCUT2D eigenvalue weighted by atomic mass is 16.2. The van der Waals surface area contributed by atoms with E-state index in [1.54, 1.807) is 46.5 Å². The van der Waals surface area contributed by atoms with Crippen molar-refractivity contribution in [3.63, 3.8) is 0 Å². The maximum Gasteiger partial charge on any atom is 0.318 e. The van der Waals surface area contributed by atoms with E-state index in [1.807, 2.05) is 44.6 Å². The van der Waals surface area contributed by atoms with Gasteiger partial charge in [0, 0.05) is 57.3 Å². The molecule has 1 fully saturated rings. The van der Waals surface area contributed by atoms with Crippen molar-refractivity contribution in [2.24, 2.45) is 0 Å². The number of amides is 4. The Kier molecular flexibility index (Phi) is 14.8. The molecule has 1 aliphatic heterocycles. The van der Waals surface area contributed by atoms with Gasteiger partial charge in [-0.3, -0.25) is 14.6 Å². The van der Waals surface area contributed by atoms with Crippen molar-refractivity contribution in [1.82, 2.24) is 30.3 Å². The molecule has 3 rings (SSSR count). The van der Waals surface area contributed by atoms with Gasteiger partial charge in [0.15, 0.2) is 0 Å². The predicted molar refractivity (Wildman–Crippen MR) is 172 cm³/mol. The van der Waals surface area contributed by atoms with Crippen LogP contribution in [0.3, 0.4) is 0 Å². The number of terminal acetylenes is 1. The maximum atomic E-state index is 13.5. The summed E-state index contributed by atoms with van der Waals surface area (Å²) >= 11 is 0. The highest BCUT2D eigenvalue weighted by Crippen LogP contribution is 2.16. The molecule has 0 radical (unpaired) electrons. The van der Waals surface area contributed by atoms with E-state index in [2.05, 4.69) is 51.8 Å². The zero-order valence-corrected chi connectivity index (χ0v) is 25.2. The topological polar surface area (TPSA) is 110 Å². The van der Waals surface area contributed by atoms with Gasteiger partial charge < -0.3 is 30.7 Å². The standard InChI is InChI=1S/C31H41N7O3.C2H2/c1-5-9-24(21-32-13-6-2)20-28(29(39)34-27-12-7-10-25(19-27)23-36(3)4)35-31(41)38-17-15-37(16-18-38)30(40)26-11-8-14-33-22-26;1-2/h5-8,10-12,14,19,21-22,28,32H,1-2,9,13,15-18,20,23H2,3-4H3,(H,34,39)(H,35,41);1-2H/b24-21+;/t28-;/m1./s1. The van der Waals surface area contributed by atoms with Crippen LogP contribution in [0.25, 0.3) is 0 Å². The van der Waals surface area contributed by atoms with Gasteiger partial charge in [-0.1, -0.05) is 24.3 Å². The molecule has 228 valence electrons. The Balaban J connectivity index is 0.00000316. The number of carbonyl (C=O) groups excluding carboxylic acids is 3. The van der Waals surface area contributed by atoms with Crippen LogP contribution in [0.4, 0.5) is 10.5 Å². The fourth-order valence-corrected chi connectivity index (χ4v) is 4.51. The number of pyridine rings is 1. The van der Waals surface area contributed by atoms with E-state index in [0.717, 1.165) is 17.7 Å². The van der Waals surface area contributed by atoms with E-state index in [9.17, 15) is 14.4 Å². The fourth-order valence-electron chi connectivity index (χ4n) is 4.51.